The zero-order chi connectivity index (χ0) is 11.7. The first-order valence-corrected chi connectivity index (χ1v) is 6.65. The fourth-order valence-corrected chi connectivity index (χ4v) is 3.07. The lowest BCUT2D eigenvalue weighted by atomic mass is 10.1. The minimum atomic E-state index is 0.636. The second-order valence-electron chi connectivity index (χ2n) is 5.15. The van der Waals surface area contributed by atoms with Crippen molar-refractivity contribution >= 4 is 5.69 Å². The molecule has 0 amide bonds. The van der Waals surface area contributed by atoms with E-state index >= 15 is 0 Å². The third-order valence-corrected chi connectivity index (χ3v) is 4.12. The van der Waals surface area contributed by atoms with Gasteiger partial charge in [0.2, 0.25) is 0 Å². The van der Waals surface area contributed by atoms with Crippen molar-refractivity contribution in [3.8, 4) is 0 Å². The van der Waals surface area contributed by atoms with Gasteiger partial charge in [-0.15, -0.1) is 0 Å². The predicted octanol–water partition coefficient (Wildman–Crippen LogP) is 1.43. The smallest absolute Gasteiger partial charge is 0.0367 e. The lowest BCUT2D eigenvalue weighted by molar-refractivity contribution is 0.231. The van der Waals surface area contributed by atoms with Gasteiger partial charge in [-0.05, 0) is 37.1 Å². The summed E-state index contributed by atoms with van der Waals surface area (Å²) in [6, 6.07) is 9.52. The molecule has 3 heteroatoms. The number of fused-ring (bicyclic) bond motifs is 1. The molecule has 1 atom stereocenters. The molecule has 0 aromatic heterocycles. The Hall–Kier alpha value is -1.06. The van der Waals surface area contributed by atoms with Gasteiger partial charge >= 0.3 is 0 Å². The molecule has 3 rings (SSSR count). The van der Waals surface area contributed by atoms with E-state index in [0.29, 0.717) is 6.54 Å². The van der Waals surface area contributed by atoms with Crippen LogP contribution in [-0.4, -0.2) is 37.1 Å². The van der Waals surface area contributed by atoms with Gasteiger partial charge in [0, 0.05) is 37.9 Å². The number of hydrogen-bond donors (Lipinski definition) is 1. The molecular formula is C14H21N3. The Morgan fingerprint density at radius 1 is 1.12 bits per heavy atom. The molecule has 2 heterocycles. The van der Waals surface area contributed by atoms with Crippen LogP contribution in [0.25, 0.3) is 0 Å². The number of rotatable bonds is 2. The van der Waals surface area contributed by atoms with Gasteiger partial charge in [-0.3, -0.25) is 4.90 Å². The molecule has 2 aliphatic rings. The van der Waals surface area contributed by atoms with Crippen molar-refractivity contribution in [2.45, 2.75) is 25.4 Å². The van der Waals surface area contributed by atoms with Gasteiger partial charge in [0.05, 0.1) is 0 Å². The van der Waals surface area contributed by atoms with E-state index in [9.17, 15) is 0 Å². The fraction of sp³-hybridized carbons (Fsp3) is 0.571. The SMILES string of the molecule is NCc1ccc(N2CCN3CCC[C@@H]3C2)cc1. The van der Waals surface area contributed by atoms with Crippen LogP contribution < -0.4 is 10.6 Å². The Kier molecular flexibility index (Phi) is 3.04. The number of nitrogens with zero attached hydrogens (tertiary/aromatic N) is 2. The largest absolute Gasteiger partial charge is 0.369 e. The normalized spacial score (nSPS) is 25.0. The Morgan fingerprint density at radius 3 is 2.71 bits per heavy atom. The predicted molar refractivity (Wildman–Crippen MR) is 71.1 cm³/mol. The van der Waals surface area contributed by atoms with Crippen LogP contribution in [-0.2, 0) is 6.54 Å². The number of benzene rings is 1. The third kappa shape index (κ3) is 2.17. The summed E-state index contributed by atoms with van der Waals surface area (Å²) in [6.45, 7) is 5.53. The average molecular weight is 231 g/mol. The van der Waals surface area contributed by atoms with Gasteiger partial charge in [-0.1, -0.05) is 12.1 Å². The highest BCUT2D eigenvalue weighted by molar-refractivity contribution is 5.48. The molecule has 92 valence electrons. The number of nitrogens with two attached hydrogens (primary N) is 1. The Bertz CT molecular complexity index is 374. The van der Waals surface area contributed by atoms with Crippen LogP contribution in [0, 0.1) is 0 Å². The van der Waals surface area contributed by atoms with Gasteiger partial charge in [0.15, 0.2) is 0 Å². The molecule has 3 nitrogen and oxygen atoms in total. The first-order chi connectivity index (χ1) is 8.36. The van der Waals surface area contributed by atoms with E-state index in [-0.39, 0.29) is 0 Å². The summed E-state index contributed by atoms with van der Waals surface area (Å²) in [6.07, 6.45) is 2.75. The standard InChI is InChI=1S/C14H21N3/c15-10-12-3-5-13(6-4-12)17-9-8-16-7-1-2-14(16)11-17/h3-6,14H,1-2,7-11,15H2/t14-/m1/s1. The summed E-state index contributed by atoms with van der Waals surface area (Å²) in [4.78, 5) is 5.16. The maximum Gasteiger partial charge on any atom is 0.0367 e. The zero-order valence-corrected chi connectivity index (χ0v) is 10.3. The van der Waals surface area contributed by atoms with Crippen molar-refractivity contribution in [2.24, 2.45) is 5.73 Å². The molecule has 0 bridgehead atoms. The fourth-order valence-electron chi connectivity index (χ4n) is 3.07. The van der Waals surface area contributed by atoms with Crippen LogP contribution in [0.2, 0.25) is 0 Å². The van der Waals surface area contributed by atoms with Crippen molar-refractivity contribution in [1.29, 1.82) is 0 Å². The van der Waals surface area contributed by atoms with E-state index in [0.717, 1.165) is 6.04 Å². The summed E-state index contributed by atoms with van der Waals surface area (Å²) in [7, 11) is 0. The van der Waals surface area contributed by atoms with Crippen molar-refractivity contribution < 1.29 is 0 Å². The van der Waals surface area contributed by atoms with E-state index in [2.05, 4.69) is 34.1 Å². The summed E-state index contributed by atoms with van der Waals surface area (Å²) in [5, 5.41) is 0. The van der Waals surface area contributed by atoms with E-state index in [1.54, 1.807) is 0 Å². The molecule has 2 saturated heterocycles. The topological polar surface area (TPSA) is 32.5 Å². The van der Waals surface area contributed by atoms with Crippen LogP contribution in [0.15, 0.2) is 24.3 Å². The van der Waals surface area contributed by atoms with Gasteiger partial charge in [0.25, 0.3) is 0 Å². The van der Waals surface area contributed by atoms with Crippen molar-refractivity contribution in [2.75, 3.05) is 31.1 Å². The summed E-state index contributed by atoms with van der Waals surface area (Å²) >= 11 is 0. The monoisotopic (exact) mass is 231 g/mol. The van der Waals surface area contributed by atoms with E-state index in [4.69, 9.17) is 5.73 Å². The average Bonchev–Trinajstić information content (AvgIpc) is 2.86. The minimum Gasteiger partial charge on any atom is -0.369 e. The maximum atomic E-state index is 5.63. The van der Waals surface area contributed by atoms with Crippen LogP contribution >= 0.6 is 0 Å². The number of piperazine rings is 1. The number of hydrogen-bond acceptors (Lipinski definition) is 3. The molecule has 0 unspecified atom stereocenters. The molecule has 0 aliphatic carbocycles. The molecule has 2 fully saturated rings. The van der Waals surface area contributed by atoms with Gasteiger partial charge in [0.1, 0.15) is 0 Å². The molecule has 0 saturated carbocycles. The summed E-state index contributed by atoms with van der Waals surface area (Å²) in [5.41, 5.74) is 8.20. The van der Waals surface area contributed by atoms with Crippen LogP contribution in [0.1, 0.15) is 18.4 Å². The van der Waals surface area contributed by atoms with Crippen molar-refractivity contribution in [3.05, 3.63) is 29.8 Å². The molecule has 2 N–H and O–H groups in total. The second-order valence-corrected chi connectivity index (χ2v) is 5.15. The van der Waals surface area contributed by atoms with Gasteiger partial charge in [-0.2, -0.15) is 0 Å². The van der Waals surface area contributed by atoms with Crippen LogP contribution in [0.5, 0.6) is 0 Å². The first-order valence-electron chi connectivity index (χ1n) is 6.65. The molecule has 0 spiro atoms. The first kappa shape index (κ1) is 11.1. The summed E-state index contributed by atoms with van der Waals surface area (Å²) in [5.74, 6) is 0. The Balaban J connectivity index is 1.71. The Morgan fingerprint density at radius 2 is 1.94 bits per heavy atom. The molecule has 0 radical (unpaired) electrons. The maximum absolute atomic E-state index is 5.63. The molecule has 1 aromatic rings. The van der Waals surface area contributed by atoms with Crippen LogP contribution in [0.3, 0.4) is 0 Å². The Labute approximate surface area is 103 Å². The third-order valence-electron chi connectivity index (χ3n) is 4.12. The highest BCUT2D eigenvalue weighted by Crippen LogP contribution is 2.25. The zero-order valence-electron chi connectivity index (χ0n) is 10.3. The lowest BCUT2D eigenvalue weighted by Crippen LogP contribution is -2.50. The summed E-state index contributed by atoms with van der Waals surface area (Å²) < 4.78 is 0. The highest BCUT2D eigenvalue weighted by Gasteiger charge is 2.30. The second kappa shape index (κ2) is 4.67. The van der Waals surface area contributed by atoms with Crippen molar-refractivity contribution in [1.82, 2.24) is 4.90 Å². The van der Waals surface area contributed by atoms with Crippen molar-refractivity contribution in [3.63, 3.8) is 0 Å². The van der Waals surface area contributed by atoms with E-state index < -0.39 is 0 Å². The molecular weight excluding hydrogens is 210 g/mol. The molecule has 17 heavy (non-hydrogen) atoms. The molecule has 1 aromatic carbocycles. The lowest BCUT2D eigenvalue weighted by Gasteiger charge is -2.38. The molecule has 2 aliphatic heterocycles. The number of anilines is 1. The van der Waals surface area contributed by atoms with E-state index in [1.165, 1.54) is 50.3 Å². The minimum absolute atomic E-state index is 0.636. The van der Waals surface area contributed by atoms with Gasteiger partial charge < -0.3 is 10.6 Å². The highest BCUT2D eigenvalue weighted by atomic mass is 15.3. The van der Waals surface area contributed by atoms with Gasteiger partial charge in [-0.25, -0.2) is 0 Å². The quantitative estimate of drug-likeness (QED) is 0.835. The van der Waals surface area contributed by atoms with E-state index in [1.807, 2.05) is 0 Å². The van der Waals surface area contributed by atoms with Crippen LogP contribution in [0.4, 0.5) is 5.69 Å².